The molecule has 2 rings (SSSR count). The van der Waals surface area contributed by atoms with Crippen molar-refractivity contribution in [3.05, 3.63) is 52.8 Å². The highest BCUT2D eigenvalue weighted by Crippen LogP contribution is 2.24. The van der Waals surface area contributed by atoms with Crippen molar-refractivity contribution < 1.29 is 12.8 Å². The van der Waals surface area contributed by atoms with Gasteiger partial charge in [0.05, 0.1) is 5.69 Å². The number of aryl methyl sites for hydroxylation is 1. The molecule has 2 aromatic carbocycles. The molecule has 0 aliphatic carbocycles. The van der Waals surface area contributed by atoms with Gasteiger partial charge >= 0.3 is 0 Å². The first-order valence-corrected chi connectivity index (χ1v) is 7.50. The van der Waals surface area contributed by atoms with Crippen LogP contribution in [0.3, 0.4) is 0 Å². The van der Waals surface area contributed by atoms with Crippen LogP contribution in [-0.4, -0.2) is 8.42 Å². The number of nitrogens with one attached hydrogen (secondary N) is 1. The Hall–Kier alpha value is -1.79. The van der Waals surface area contributed by atoms with Crippen molar-refractivity contribution in [1.29, 1.82) is 0 Å². The van der Waals surface area contributed by atoms with Crippen LogP contribution in [-0.2, 0) is 10.0 Å². The van der Waals surface area contributed by atoms with E-state index in [0.717, 1.165) is 12.1 Å². The summed E-state index contributed by atoms with van der Waals surface area (Å²) in [5.74, 6) is -0.855. The number of hydrogen-bond donors (Lipinski definition) is 2. The largest absolute Gasteiger partial charge is 0.398 e. The lowest BCUT2D eigenvalue weighted by Crippen LogP contribution is -2.15. The third-order valence-corrected chi connectivity index (χ3v) is 4.32. The molecule has 0 aliphatic rings. The van der Waals surface area contributed by atoms with Gasteiger partial charge < -0.3 is 5.73 Å². The maximum Gasteiger partial charge on any atom is 0.264 e. The summed E-state index contributed by atoms with van der Waals surface area (Å²) < 4.78 is 40.4. The van der Waals surface area contributed by atoms with Gasteiger partial charge in [-0.25, -0.2) is 12.8 Å². The molecule has 7 heteroatoms. The first-order chi connectivity index (χ1) is 9.29. The third kappa shape index (κ3) is 3.02. The van der Waals surface area contributed by atoms with Crippen molar-refractivity contribution in [3.8, 4) is 0 Å². The summed E-state index contributed by atoms with van der Waals surface area (Å²) in [7, 11) is -4.06. The predicted molar refractivity (Wildman–Crippen MR) is 77.8 cm³/mol. The Balaban J connectivity index is 2.43. The summed E-state index contributed by atoms with van der Waals surface area (Å²) in [6.07, 6.45) is 0. The molecule has 0 heterocycles. The highest BCUT2D eigenvalue weighted by Gasteiger charge is 2.20. The quantitative estimate of drug-likeness (QED) is 0.855. The highest BCUT2D eigenvalue weighted by atomic mass is 35.5. The second-order valence-corrected chi connectivity index (χ2v) is 6.34. The second kappa shape index (κ2) is 5.30. The van der Waals surface area contributed by atoms with Gasteiger partial charge in [0.1, 0.15) is 10.7 Å². The molecule has 20 heavy (non-hydrogen) atoms. The molecule has 4 nitrogen and oxygen atoms in total. The molecule has 0 fully saturated rings. The van der Waals surface area contributed by atoms with E-state index in [9.17, 15) is 12.8 Å². The van der Waals surface area contributed by atoms with E-state index in [-0.39, 0.29) is 11.4 Å². The minimum atomic E-state index is -4.06. The summed E-state index contributed by atoms with van der Waals surface area (Å²) in [5.41, 5.74) is 6.55. The van der Waals surface area contributed by atoms with Crippen LogP contribution in [0.15, 0.2) is 41.3 Å². The Labute approximate surface area is 121 Å². The van der Waals surface area contributed by atoms with Crippen LogP contribution >= 0.6 is 11.6 Å². The molecular formula is C13H12ClFN2O2S. The van der Waals surface area contributed by atoms with Crippen LogP contribution in [0.1, 0.15) is 5.56 Å². The van der Waals surface area contributed by atoms with E-state index in [1.165, 1.54) is 12.1 Å². The molecule has 106 valence electrons. The Morgan fingerprint density at radius 1 is 1.25 bits per heavy atom. The van der Waals surface area contributed by atoms with Crippen LogP contribution in [0, 0.1) is 12.7 Å². The van der Waals surface area contributed by atoms with E-state index in [4.69, 9.17) is 17.3 Å². The van der Waals surface area contributed by atoms with E-state index < -0.39 is 20.7 Å². The van der Waals surface area contributed by atoms with E-state index in [2.05, 4.69) is 4.72 Å². The smallest absolute Gasteiger partial charge is 0.264 e. The minimum absolute atomic E-state index is 0.206. The lowest BCUT2D eigenvalue weighted by molar-refractivity contribution is 0.570. The average molecular weight is 315 g/mol. The van der Waals surface area contributed by atoms with Gasteiger partial charge in [-0.15, -0.1) is 0 Å². The number of halogens is 2. The van der Waals surface area contributed by atoms with E-state index in [1.54, 1.807) is 19.1 Å². The molecule has 0 aliphatic heterocycles. The van der Waals surface area contributed by atoms with Gasteiger partial charge in [0.15, 0.2) is 0 Å². The topological polar surface area (TPSA) is 72.2 Å². The van der Waals surface area contributed by atoms with Gasteiger partial charge in [0.25, 0.3) is 10.0 Å². The Bertz CT molecular complexity index is 763. The molecule has 0 unspecified atom stereocenters. The molecule has 0 saturated heterocycles. The first kappa shape index (κ1) is 14.6. The lowest BCUT2D eigenvalue weighted by Gasteiger charge is -2.11. The molecule has 0 atom stereocenters. The zero-order valence-electron chi connectivity index (χ0n) is 10.5. The normalized spacial score (nSPS) is 11.3. The van der Waals surface area contributed by atoms with Crippen molar-refractivity contribution in [2.24, 2.45) is 0 Å². The Morgan fingerprint density at radius 2 is 1.95 bits per heavy atom. The molecule has 0 spiro atoms. The summed E-state index contributed by atoms with van der Waals surface area (Å²) in [6, 6.07) is 8.30. The van der Waals surface area contributed by atoms with Crippen molar-refractivity contribution in [2.75, 3.05) is 10.5 Å². The zero-order chi connectivity index (χ0) is 14.9. The number of anilines is 2. The molecule has 0 saturated carbocycles. The van der Waals surface area contributed by atoms with E-state index in [0.29, 0.717) is 10.6 Å². The number of hydrogen-bond acceptors (Lipinski definition) is 3. The standard InChI is InChI=1S/C13H12ClFN2O2S/c1-8-5-11(15)13(7-12(8)16)20(18,19)17-10-4-2-3-9(14)6-10/h2-7,17H,16H2,1H3. The number of rotatable bonds is 3. The van der Waals surface area contributed by atoms with Crippen LogP contribution in [0.25, 0.3) is 0 Å². The third-order valence-electron chi connectivity index (χ3n) is 2.69. The van der Waals surface area contributed by atoms with Gasteiger partial charge in [-0.1, -0.05) is 17.7 Å². The van der Waals surface area contributed by atoms with Crippen LogP contribution in [0.2, 0.25) is 5.02 Å². The molecule has 2 aromatic rings. The van der Waals surface area contributed by atoms with Crippen LogP contribution in [0.5, 0.6) is 0 Å². The van der Waals surface area contributed by atoms with Crippen molar-refractivity contribution in [2.45, 2.75) is 11.8 Å². The van der Waals surface area contributed by atoms with Crippen molar-refractivity contribution >= 4 is 33.0 Å². The number of nitrogens with two attached hydrogens (primary N) is 1. The second-order valence-electron chi connectivity index (χ2n) is 4.26. The van der Waals surface area contributed by atoms with Gasteiger partial charge in [0.2, 0.25) is 0 Å². The van der Waals surface area contributed by atoms with Crippen LogP contribution < -0.4 is 10.5 Å². The summed E-state index contributed by atoms with van der Waals surface area (Å²) in [5, 5.41) is 0.370. The van der Waals surface area contributed by atoms with Gasteiger partial charge in [-0.3, -0.25) is 4.72 Å². The highest BCUT2D eigenvalue weighted by molar-refractivity contribution is 7.92. The fourth-order valence-corrected chi connectivity index (χ4v) is 2.97. The minimum Gasteiger partial charge on any atom is -0.398 e. The predicted octanol–water partition coefficient (Wildman–Crippen LogP) is 3.17. The number of nitrogen functional groups attached to an aromatic ring is 1. The maximum absolute atomic E-state index is 13.8. The van der Waals surface area contributed by atoms with Gasteiger partial charge in [-0.2, -0.15) is 0 Å². The SMILES string of the molecule is Cc1cc(F)c(S(=O)(=O)Nc2cccc(Cl)c2)cc1N. The number of benzene rings is 2. The molecule has 0 bridgehead atoms. The zero-order valence-corrected chi connectivity index (χ0v) is 12.1. The fraction of sp³-hybridized carbons (Fsp3) is 0.0769. The molecule has 0 aromatic heterocycles. The summed E-state index contributed by atoms with van der Waals surface area (Å²) in [6.45, 7) is 1.60. The lowest BCUT2D eigenvalue weighted by atomic mass is 10.2. The Kier molecular flexibility index (Phi) is 3.87. The van der Waals surface area contributed by atoms with E-state index >= 15 is 0 Å². The monoisotopic (exact) mass is 314 g/mol. The molecular weight excluding hydrogens is 303 g/mol. The molecule has 0 radical (unpaired) electrons. The molecule has 3 N–H and O–H groups in total. The average Bonchev–Trinajstić information content (AvgIpc) is 2.33. The van der Waals surface area contributed by atoms with Crippen LogP contribution in [0.4, 0.5) is 15.8 Å². The van der Waals surface area contributed by atoms with Crippen molar-refractivity contribution in [3.63, 3.8) is 0 Å². The Morgan fingerprint density at radius 3 is 2.60 bits per heavy atom. The van der Waals surface area contributed by atoms with E-state index in [1.807, 2.05) is 0 Å². The van der Waals surface area contributed by atoms with Gasteiger partial charge in [0, 0.05) is 10.7 Å². The number of sulfonamides is 1. The summed E-state index contributed by atoms with van der Waals surface area (Å²) >= 11 is 5.77. The van der Waals surface area contributed by atoms with Crippen molar-refractivity contribution in [1.82, 2.24) is 0 Å². The first-order valence-electron chi connectivity index (χ1n) is 5.63. The maximum atomic E-state index is 13.8. The summed E-state index contributed by atoms with van der Waals surface area (Å²) in [4.78, 5) is -0.499. The molecule has 0 amide bonds. The fourth-order valence-electron chi connectivity index (χ4n) is 1.64. The van der Waals surface area contributed by atoms with Gasteiger partial charge in [-0.05, 0) is 42.8 Å².